The van der Waals surface area contributed by atoms with Gasteiger partial charge in [-0.25, -0.2) is 0 Å². The van der Waals surface area contributed by atoms with Gasteiger partial charge in [0.25, 0.3) is 5.91 Å². The molecule has 1 amide bonds. The number of nitrogens with zero attached hydrogens (tertiary/aromatic N) is 3. The second-order valence-electron chi connectivity index (χ2n) is 4.73. The number of nitrogens with one attached hydrogen (secondary N) is 1. The van der Waals surface area contributed by atoms with Crippen molar-refractivity contribution in [1.29, 1.82) is 0 Å². The first kappa shape index (κ1) is 12.6. The van der Waals surface area contributed by atoms with Gasteiger partial charge in [-0.3, -0.25) is 9.20 Å². The van der Waals surface area contributed by atoms with E-state index in [0.717, 1.165) is 35.9 Å². The molecular formula is C12H16N4O2S. The number of ether oxygens (including phenoxy) is 1. The van der Waals surface area contributed by atoms with Crippen LogP contribution in [0.4, 0.5) is 0 Å². The van der Waals surface area contributed by atoms with Gasteiger partial charge in [-0.2, -0.15) is 0 Å². The highest BCUT2D eigenvalue weighted by molar-refractivity contribution is 7.19. The smallest absolute Gasteiger partial charge is 0.263 e. The molecule has 1 aliphatic heterocycles. The second-order valence-corrected chi connectivity index (χ2v) is 5.70. The molecule has 3 rings (SSSR count). The van der Waals surface area contributed by atoms with E-state index in [1.807, 2.05) is 18.2 Å². The molecular weight excluding hydrogens is 264 g/mol. The number of rotatable bonds is 3. The van der Waals surface area contributed by atoms with Crippen molar-refractivity contribution in [2.24, 2.45) is 0 Å². The molecule has 7 heteroatoms. The number of fused-ring (bicyclic) bond motifs is 1. The van der Waals surface area contributed by atoms with Gasteiger partial charge in [0.05, 0.1) is 6.10 Å². The third-order valence-electron chi connectivity index (χ3n) is 3.37. The summed E-state index contributed by atoms with van der Waals surface area (Å²) in [5.41, 5.74) is 0.896. The lowest BCUT2D eigenvalue weighted by atomic mass is 10.2. The van der Waals surface area contributed by atoms with E-state index in [-0.39, 0.29) is 12.0 Å². The zero-order valence-electron chi connectivity index (χ0n) is 11.0. The summed E-state index contributed by atoms with van der Waals surface area (Å²) in [6, 6.07) is 0. The number of hydrogen-bond donors (Lipinski definition) is 1. The minimum atomic E-state index is -0.0529. The maximum absolute atomic E-state index is 12.2. The van der Waals surface area contributed by atoms with Gasteiger partial charge in [-0.1, -0.05) is 11.3 Å². The van der Waals surface area contributed by atoms with Crippen LogP contribution < -0.4 is 5.32 Å². The molecule has 0 spiro atoms. The topological polar surface area (TPSA) is 68.5 Å². The van der Waals surface area contributed by atoms with E-state index in [0.29, 0.717) is 11.4 Å². The van der Waals surface area contributed by atoms with Crippen LogP contribution in [0.3, 0.4) is 0 Å². The number of aromatic nitrogens is 3. The summed E-state index contributed by atoms with van der Waals surface area (Å²) in [6.45, 7) is 5.18. The van der Waals surface area contributed by atoms with Crippen LogP contribution in [0.25, 0.3) is 4.96 Å². The van der Waals surface area contributed by atoms with Gasteiger partial charge in [-0.15, -0.1) is 10.2 Å². The largest absolute Gasteiger partial charge is 0.376 e. The zero-order chi connectivity index (χ0) is 13.4. The van der Waals surface area contributed by atoms with Gasteiger partial charge in [-0.05, 0) is 26.7 Å². The fraction of sp³-hybridized carbons (Fsp3) is 0.583. The van der Waals surface area contributed by atoms with Crippen LogP contribution in [0.2, 0.25) is 0 Å². The predicted molar refractivity (Wildman–Crippen MR) is 71.6 cm³/mol. The van der Waals surface area contributed by atoms with E-state index in [2.05, 4.69) is 15.5 Å². The molecule has 6 nitrogen and oxygen atoms in total. The van der Waals surface area contributed by atoms with Crippen LogP contribution in [0.1, 0.15) is 34.0 Å². The highest BCUT2D eigenvalue weighted by atomic mass is 32.1. The molecule has 1 aliphatic rings. The Labute approximate surface area is 114 Å². The lowest BCUT2D eigenvalue weighted by Gasteiger charge is -2.10. The third-order valence-corrected chi connectivity index (χ3v) is 4.50. The average molecular weight is 280 g/mol. The molecule has 0 saturated carbocycles. The Kier molecular flexibility index (Phi) is 3.24. The van der Waals surface area contributed by atoms with Crippen LogP contribution in [-0.2, 0) is 4.74 Å². The minimum absolute atomic E-state index is 0.0529. The van der Waals surface area contributed by atoms with Gasteiger partial charge in [0.1, 0.15) is 10.7 Å². The van der Waals surface area contributed by atoms with Gasteiger partial charge in [0.2, 0.25) is 4.96 Å². The lowest BCUT2D eigenvalue weighted by Crippen LogP contribution is -2.31. The summed E-state index contributed by atoms with van der Waals surface area (Å²) in [5.74, 6) is 0.754. The zero-order valence-corrected chi connectivity index (χ0v) is 11.8. The normalized spacial score (nSPS) is 19.2. The summed E-state index contributed by atoms with van der Waals surface area (Å²) in [6.07, 6.45) is 2.27. The first-order valence-corrected chi connectivity index (χ1v) is 7.19. The maximum Gasteiger partial charge on any atom is 0.263 e. The van der Waals surface area contributed by atoms with E-state index < -0.39 is 0 Å². The Morgan fingerprint density at radius 1 is 1.53 bits per heavy atom. The van der Waals surface area contributed by atoms with Gasteiger partial charge >= 0.3 is 0 Å². The molecule has 1 unspecified atom stereocenters. The molecule has 19 heavy (non-hydrogen) atoms. The van der Waals surface area contributed by atoms with E-state index in [9.17, 15) is 4.79 Å². The average Bonchev–Trinajstić information content (AvgIpc) is 3.07. The Hall–Kier alpha value is -1.47. The third kappa shape index (κ3) is 2.23. The SMILES string of the molecule is Cc1nnc2sc(C(=O)NCC3CCCO3)c(C)n12. The van der Waals surface area contributed by atoms with Crippen LogP contribution in [-0.4, -0.2) is 39.8 Å². The molecule has 1 atom stereocenters. The molecule has 2 aromatic rings. The molecule has 0 radical (unpaired) electrons. The summed E-state index contributed by atoms with van der Waals surface area (Å²) in [4.78, 5) is 13.6. The van der Waals surface area contributed by atoms with Crippen molar-refractivity contribution in [2.45, 2.75) is 32.8 Å². The number of carbonyl (C=O) groups excluding carboxylic acids is 1. The van der Waals surface area contributed by atoms with E-state index in [4.69, 9.17) is 4.74 Å². The Balaban J connectivity index is 1.75. The molecule has 0 aliphatic carbocycles. The van der Waals surface area contributed by atoms with Crippen molar-refractivity contribution in [3.05, 3.63) is 16.4 Å². The first-order valence-electron chi connectivity index (χ1n) is 6.37. The molecule has 1 saturated heterocycles. The van der Waals surface area contributed by atoms with Crippen molar-refractivity contribution in [2.75, 3.05) is 13.2 Å². The lowest BCUT2D eigenvalue weighted by molar-refractivity contribution is 0.0860. The molecule has 102 valence electrons. The van der Waals surface area contributed by atoms with Crippen LogP contribution in [0.15, 0.2) is 0 Å². The summed E-state index contributed by atoms with van der Waals surface area (Å²) in [5, 5.41) is 11.0. The molecule has 0 aromatic carbocycles. The fourth-order valence-electron chi connectivity index (χ4n) is 2.36. The van der Waals surface area contributed by atoms with E-state index >= 15 is 0 Å². The van der Waals surface area contributed by atoms with Crippen molar-refractivity contribution in [3.63, 3.8) is 0 Å². The van der Waals surface area contributed by atoms with Crippen LogP contribution in [0, 0.1) is 13.8 Å². The Bertz CT molecular complexity index is 613. The summed E-state index contributed by atoms with van der Waals surface area (Å²) in [7, 11) is 0. The molecule has 2 aromatic heterocycles. The number of carbonyl (C=O) groups is 1. The quantitative estimate of drug-likeness (QED) is 0.920. The van der Waals surface area contributed by atoms with E-state index in [1.54, 1.807) is 0 Å². The maximum atomic E-state index is 12.2. The first-order chi connectivity index (χ1) is 9.16. The van der Waals surface area contributed by atoms with Crippen molar-refractivity contribution in [3.8, 4) is 0 Å². The monoisotopic (exact) mass is 280 g/mol. The van der Waals surface area contributed by atoms with Crippen LogP contribution >= 0.6 is 11.3 Å². The number of amides is 1. The molecule has 1 N–H and O–H groups in total. The Morgan fingerprint density at radius 3 is 3.05 bits per heavy atom. The van der Waals surface area contributed by atoms with Crippen molar-refractivity contribution in [1.82, 2.24) is 19.9 Å². The molecule has 1 fully saturated rings. The minimum Gasteiger partial charge on any atom is -0.376 e. The molecule has 0 bridgehead atoms. The number of hydrogen-bond acceptors (Lipinski definition) is 5. The van der Waals surface area contributed by atoms with Gasteiger partial charge in [0.15, 0.2) is 0 Å². The Morgan fingerprint density at radius 2 is 2.37 bits per heavy atom. The fourth-order valence-corrected chi connectivity index (χ4v) is 3.39. The van der Waals surface area contributed by atoms with Crippen molar-refractivity contribution >= 4 is 22.2 Å². The summed E-state index contributed by atoms with van der Waals surface area (Å²) >= 11 is 1.37. The van der Waals surface area contributed by atoms with E-state index in [1.165, 1.54) is 11.3 Å². The van der Waals surface area contributed by atoms with Gasteiger partial charge in [0, 0.05) is 18.8 Å². The summed E-state index contributed by atoms with van der Waals surface area (Å²) < 4.78 is 7.40. The number of thiazole rings is 1. The number of aryl methyl sites for hydroxylation is 2. The standard InChI is InChI=1S/C12H16N4O2S/c1-7-10(19-12-15-14-8(2)16(7)12)11(17)13-6-9-4-3-5-18-9/h9H,3-6H2,1-2H3,(H,13,17). The second kappa shape index (κ2) is 4.90. The highest BCUT2D eigenvalue weighted by Crippen LogP contribution is 2.22. The van der Waals surface area contributed by atoms with Gasteiger partial charge < -0.3 is 10.1 Å². The predicted octanol–water partition coefficient (Wildman–Crippen LogP) is 1.32. The van der Waals surface area contributed by atoms with Crippen LogP contribution in [0.5, 0.6) is 0 Å². The molecule has 3 heterocycles. The van der Waals surface area contributed by atoms with Crippen molar-refractivity contribution < 1.29 is 9.53 Å². The highest BCUT2D eigenvalue weighted by Gasteiger charge is 2.20.